The maximum Gasteiger partial charge on any atom is 0.158 e. The third kappa shape index (κ3) is 3.65. The molecule has 0 aliphatic heterocycles. The lowest BCUT2D eigenvalue weighted by Gasteiger charge is -2.08. The molecule has 102 valence electrons. The Labute approximate surface area is 111 Å². The number of ether oxygens (including phenoxy) is 1. The number of nitrogen functional groups attached to an aromatic ring is 1. The number of nitrogens with two attached hydrogens (primary N) is 1. The van der Waals surface area contributed by atoms with Crippen molar-refractivity contribution in [3.8, 4) is 0 Å². The van der Waals surface area contributed by atoms with E-state index in [1.165, 1.54) is 0 Å². The Morgan fingerprint density at radius 1 is 1.42 bits per heavy atom. The van der Waals surface area contributed by atoms with E-state index in [0.717, 1.165) is 5.82 Å². The fraction of sp³-hybridized carbons (Fsp3) is 0.417. The quantitative estimate of drug-likeness (QED) is 0.805. The van der Waals surface area contributed by atoms with Crippen molar-refractivity contribution in [1.29, 1.82) is 0 Å². The topological polar surface area (TPSA) is 90.9 Å². The van der Waals surface area contributed by atoms with Crippen LogP contribution in [-0.4, -0.2) is 26.1 Å². The van der Waals surface area contributed by atoms with Crippen LogP contribution in [0.2, 0.25) is 0 Å². The van der Waals surface area contributed by atoms with Gasteiger partial charge < -0.3 is 20.4 Å². The lowest BCUT2D eigenvalue weighted by molar-refractivity contribution is 0.128. The Morgan fingerprint density at radius 3 is 2.95 bits per heavy atom. The number of hydrogen-bond donors (Lipinski definition) is 2. The van der Waals surface area contributed by atoms with E-state index in [9.17, 15) is 0 Å². The summed E-state index contributed by atoms with van der Waals surface area (Å²) in [6, 6.07) is 1.69. The van der Waals surface area contributed by atoms with Crippen molar-refractivity contribution in [1.82, 2.24) is 19.5 Å². The van der Waals surface area contributed by atoms with Crippen LogP contribution < -0.4 is 11.1 Å². The van der Waals surface area contributed by atoms with Gasteiger partial charge in [-0.2, -0.15) is 0 Å². The van der Waals surface area contributed by atoms with E-state index >= 15 is 0 Å². The zero-order valence-electron chi connectivity index (χ0n) is 11.1. The maximum atomic E-state index is 5.74. The van der Waals surface area contributed by atoms with Gasteiger partial charge in [0, 0.05) is 32.1 Å². The molecule has 2 rings (SSSR count). The Kier molecular flexibility index (Phi) is 4.30. The number of rotatable bonds is 6. The second-order valence-electron chi connectivity index (χ2n) is 4.04. The third-order valence-electron chi connectivity index (χ3n) is 2.58. The molecule has 19 heavy (non-hydrogen) atoms. The van der Waals surface area contributed by atoms with Gasteiger partial charge in [-0.05, 0) is 6.92 Å². The second kappa shape index (κ2) is 6.14. The average molecular weight is 262 g/mol. The molecule has 0 unspecified atom stereocenters. The lowest BCUT2D eigenvalue weighted by Crippen LogP contribution is -2.10. The van der Waals surface area contributed by atoms with Crippen molar-refractivity contribution in [2.45, 2.75) is 20.1 Å². The van der Waals surface area contributed by atoms with E-state index in [4.69, 9.17) is 10.5 Å². The molecule has 0 aromatic carbocycles. The summed E-state index contributed by atoms with van der Waals surface area (Å²) in [4.78, 5) is 12.7. The molecule has 0 amide bonds. The summed E-state index contributed by atoms with van der Waals surface area (Å²) in [6.07, 6.45) is 3.65. The van der Waals surface area contributed by atoms with Crippen LogP contribution in [0, 0.1) is 0 Å². The van der Waals surface area contributed by atoms with Crippen LogP contribution in [0.5, 0.6) is 0 Å². The molecular weight excluding hydrogens is 244 g/mol. The summed E-state index contributed by atoms with van der Waals surface area (Å²) < 4.78 is 7.22. The number of aryl methyl sites for hydroxylation is 1. The van der Waals surface area contributed by atoms with Crippen LogP contribution in [0.15, 0.2) is 18.5 Å². The van der Waals surface area contributed by atoms with Gasteiger partial charge >= 0.3 is 0 Å². The second-order valence-corrected chi connectivity index (χ2v) is 4.04. The highest BCUT2D eigenvalue weighted by Gasteiger charge is 2.04. The van der Waals surface area contributed by atoms with Crippen LogP contribution in [0.1, 0.15) is 18.6 Å². The summed E-state index contributed by atoms with van der Waals surface area (Å²) in [5, 5.41) is 3.18. The SMILES string of the molecule is CCOCc1nc(N)cc(NCc2nccn2C)n1. The fourth-order valence-corrected chi connectivity index (χ4v) is 1.60. The van der Waals surface area contributed by atoms with Crippen molar-refractivity contribution < 1.29 is 4.74 Å². The maximum absolute atomic E-state index is 5.74. The molecule has 2 aromatic heterocycles. The third-order valence-corrected chi connectivity index (χ3v) is 2.58. The molecule has 0 aliphatic rings. The van der Waals surface area contributed by atoms with Crippen molar-refractivity contribution in [2.75, 3.05) is 17.7 Å². The number of nitrogens with zero attached hydrogens (tertiary/aromatic N) is 4. The highest BCUT2D eigenvalue weighted by molar-refractivity contribution is 5.44. The van der Waals surface area contributed by atoms with Crippen molar-refractivity contribution in [2.24, 2.45) is 7.05 Å². The molecular formula is C12H18N6O. The molecule has 0 fully saturated rings. The van der Waals surface area contributed by atoms with Crippen LogP contribution >= 0.6 is 0 Å². The van der Waals surface area contributed by atoms with Gasteiger partial charge in [-0.25, -0.2) is 15.0 Å². The Balaban J connectivity index is 2.03. The van der Waals surface area contributed by atoms with Gasteiger partial charge in [-0.3, -0.25) is 0 Å². The Morgan fingerprint density at radius 2 is 2.26 bits per heavy atom. The van der Waals surface area contributed by atoms with Crippen molar-refractivity contribution >= 4 is 11.6 Å². The van der Waals surface area contributed by atoms with Gasteiger partial charge in [0.2, 0.25) is 0 Å². The number of hydrogen-bond acceptors (Lipinski definition) is 6. The molecule has 0 saturated heterocycles. The average Bonchev–Trinajstić information content (AvgIpc) is 2.79. The Bertz CT molecular complexity index is 539. The zero-order chi connectivity index (χ0) is 13.7. The van der Waals surface area contributed by atoms with Gasteiger partial charge in [0.05, 0.1) is 6.54 Å². The standard InChI is InChI=1S/C12H18N6O/c1-3-19-8-11-16-9(13)6-10(17-11)15-7-12-14-4-5-18(12)2/h4-6H,3,7-8H2,1-2H3,(H3,13,15,16,17). The van der Waals surface area contributed by atoms with Crippen LogP contribution in [0.25, 0.3) is 0 Å². The molecule has 7 nitrogen and oxygen atoms in total. The zero-order valence-corrected chi connectivity index (χ0v) is 11.1. The molecule has 0 radical (unpaired) electrons. The summed E-state index contributed by atoms with van der Waals surface area (Å²) in [5.41, 5.74) is 5.74. The summed E-state index contributed by atoms with van der Waals surface area (Å²) in [7, 11) is 1.94. The number of imidazole rings is 1. The van der Waals surface area contributed by atoms with E-state index in [1.807, 2.05) is 24.7 Å². The summed E-state index contributed by atoms with van der Waals surface area (Å²) in [5.74, 6) is 2.59. The predicted molar refractivity (Wildman–Crippen MR) is 72.3 cm³/mol. The van der Waals surface area contributed by atoms with Crippen LogP contribution in [0.4, 0.5) is 11.6 Å². The lowest BCUT2D eigenvalue weighted by atomic mass is 10.4. The normalized spacial score (nSPS) is 10.6. The minimum absolute atomic E-state index is 0.360. The molecule has 0 saturated carbocycles. The van der Waals surface area contributed by atoms with E-state index in [-0.39, 0.29) is 0 Å². The molecule has 0 atom stereocenters. The first-order chi connectivity index (χ1) is 9.19. The first kappa shape index (κ1) is 13.3. The molecule has 0 spiro atoms. The minimum atomic E-state index is 0.360. The molecule has 2 heterocycles. The van der Waals surface area contributed by atoms with Gasteiger partial charge in [0.15, 0.2) is 5.82 Å². The van der Waals surface area contributed by atoms with Crippen LogP contribution in [-0.2, 0) is 24.9 Å². The molecule has 7 heteroatoms. The van der Waals surface area contributed by atoms with Gasteiger partial charge in [-0.1, -0.05) is 0 Å². The van der Waals surface area contributed by atoms with Gasteiger partial charge in [0.1, 0.15) is 24.1 Å². The summed E-state index contributed by atoms with van der Waals surface area (Å²) in [6.45, 7) is 3.48. The number of nitrogens with one attached hydrogen (secondary N) is 1. The molecule has 3 N–H and O–H groups in total. The first-order valence-corrected chi connectivity index (χ1v) is 6.10. The monoisotopic (exact) mass is 262 g/mol. The highest BCUT2D eigenvalue weighted by atomic mass is 16.5. The number of anilines is 2. The molecule has 2 aromatic rings. The van der Waals surface area contributed by atoms with Crippen LogP contribution in [0.3, 0.4) is 0 Å². The highest BCUT2D eigenvalue weighted by Crippen LogP contribution is 2.10. The molecule has 0 bridgehead atoms. The van der Waals surface area contributed by atoms with E-state index in [0.29, 0.717) is 37.2 Å². The van der Waals surface area contributed by atoms with Gasteiger partial charge in [-0.15, -0.1) is 0 Å². The van der Waals surface area contributed by atoms with Gasteiger partial charge in [0.25, 0.3) is 0 Å². The van der Waals surface area contributed by atoms with E-state index in [1.54, 1.807) is 12.3 Å². The minimum Gasteiger partial charge on any atom is -0.384 e. The van der Waals surface area contributed by atoms with Crippen molar-refractivity contribution in [3.63, 3.8) is 0 Å². The van der Waals surface area contributed by atoms with E-state index in [2.05, 4.69) is 20.3 Å². The Hall–Kier alpha value is -2.15. The first-order valence-electron chi connectivity index (χ1n) is 6.10. The van der Waals surface area contributed by atoms with E-state index < -0.39 is 0 Å². The largest absolute Gasteiger partial charge is 0.384 e. The number of aromatic nitrogens is 4. The fourth-order valence-electron chi connectivity index (χ4n) is 1.60. The van der Waals surface area contributed by atoms with Crippen molar-refractivity contribution in [3.05, 3.63) is 30.1 Å². The predicted octanol–water partition coefficient (Wildman–Crippen LogP) is 0.941. The molecule has 0 aliphatic carbocycles. The summed E-state index contributed by atoms with van der Waals surface area (Å²) >= 11 is 0. The smallest absolute Gasteiger partial charge is 0.158 e.